The summed E-state index contributed by atoms with van der Waals surface area (Å²) in [5, 5.41) is 13.4. The molecule has 0 saturated heterocycles. The third-order valence-corrected chi connectivity index (χ3v) is 4.88. The number of aromatic nitrogens is 1. The lowest BCUT2D eigenvalue weighted by Crippen LogP contribution is -2.00. The van der Waals surface area contributed by atoms with Gasteiger partial charge >= 0.3 is 0 Å². The predicted octanol–water partition coefficient (Wildman–Crippen LogP) is 6.06. The van der Waals surface area contributed by atoms with E-state index in [1.165, 1.54) is 6.07 Å². The molecule has 7 heteroatoms. The SMILES string of the molecule is COc1c(OCc2ccccc2)ccc2c(Nc3cc(O)c(Cl)cc3F)ccnc12. The van der Waals surface area contributed by atoms with Crippen LogP contribution in [-0.4, -0.2) is 17.2 Å². The Morgan fingerprint density at radius 1 is 1.07 bits per heavy atom. The molecule has 4 aromatic rings. The lowest BCUT2D eigenvalue weighted by Gasteiger charge is -2.15. The zero-order valence-corrected chi connectivity index (χ0v) is 16.8. The topological polar surface area (TPSA) is 63.6 Å². The van der Waals surface area contributed by atoms with Crippen LogP contribution >= 0.6 is 11.6 Å². The number of nitrogens with one attached hydrogen (secondary N) is 1. The van der Waals surface area contributed by atoms with Crippen LogP contribution in [0.3, 0.4) is 0 Å². The molecule has 152 valence electrons. The van der Waals surface area contributed by atoms with E-state index in [0.29, 0.717) is 34.7 Å². The molecule has 2 N–H and O–H groups in total. The number of phenols is 1. The van der Waals surface area contributed by atoms with Gasteiger partial charge in [-0.15, -0.1) is 0 Å². The van der Waals surface area contributed by atoms with Crippen molar-refractivity contribution >= 4 is 33.9 Å². The number of rotatable bonds is 6. The lowest BCUT2D eigenvalue weighted by atomic mass is 10.1. The number of hydrogen-bond donors (Lipinski definition) is 2. The molecule has 0 aliphatic heterocycles. The Morgan fingerprint density at radius 2 is 1.87 bits per heavy atom. The number of phenolic OH excluding ortho intramolecular Hbond substituents is 1. The van der Waals surface area contributed by atoms with Crippen LogP contribution in [0.1, 0.15) is 5.56 Å². The summed E-state index contributed by atoms with van der Waals surface area (Å²) in [5.74, 6) is 0.228. The number of fused-ring (bicyclic) bond motifs is 1. The zero-order valence-electron chi connectivity index (χ0n) is 16.0. The molecule has 0 unspecified atom stereocenters. The number of ether oxygens (including phenoxy) is 2. The molecule has 0 aliphatic rings. The molecule has 0 saturated carbocycles. The molecule has 0 bridgehead atoms. The fraction of sp³-hybridized carbons (Fsp3) is 0.0870. The van der Waals surface area contributed by atoms with E-state index in [2.05, 4.69) is 10.3 Å². The number of methoxy groups -OCH3 is 1. The Bertz CT molecular complexity index is 1200. The lowest BCUT2D eigenvalue weighted by molar-refractivity contribution is 0.286. The van der Waals surface area contributed by atoms with Gasteiger partial charge < -0.3 is 19.9 Å². The highest BCUT2D eigenvalue weighted by Gasteiger charge is 2.15. The van der Waals surface area contributed by atoms with Crippen molar-refractivity contribution < 1.29 is 19.0 Å². The third kappa shape index (κ3) is 3.95. The molecule has 1 aromatic heterocycles. The summed E-state index contributed by atoms with van der Waals surface area (Å²) in [7, 11) is 1.54. The summed E-state index contributed by atoms with van der Waals surface area (Å²) >= 11 is 5.76. The summed E-state index contributed by atoms with van der Waals surface area (Å²) in [4.78, 5) is 4.41. The van der Waals surface area contributed by atoms with E-state index >= 15 is 0 Å². The minimum Gasteiger partial charge on any atom is -0.506 e. The first-order valence-electron chi connectivity index (χ1n) is 9.14. The summed E-state index contributed by atoms with van der Waals surface area (Å²) < 4.78 is 25.8. The summed E-state index contributed by atoms with van der Waals surface area (Å²) in [6.45, 7) is 0.385. The first-order valence-corrected chi connectivity index (χ1v) is 9.52. The van der Waals surface area contributed by atoms with Gasteiger partial charge in [0, 0.05) is 23.3 Å². The second-order valence-electron chi connectivity index (χ2n) is 6.53. The molecule has 0 amide bonds. The smallest absolute Gasteiger partial charge is 0.187 e. The van der Waals surface area contributed by atoms with Crippen LogP contribution in [0.25, 0.3) is 10.9 Å². The van der Waals surface area contributed by atoms with Crippen LogP contribution in [0.4, 0.5) is 15.8 Å². The fourth-order valence-electron chi connectivity index (χ4n) is 3.11. The second-order valence-corrected chi connectivity index (χ2v) is 6.94. The van der Waals surface area contributed by atoms with Crippen LogP contribution < -0.4 is 14.8 Å². The van der Waals surface area contributed by atoms with Gasteiger partial charge in [-0.25, -0.2) is 4.39 Å². The molecule has 0 atom stereocenters. The van der Waals surface area contributed by atoms with Gasteiger partial charge in [-0.1, -0.05) is 41.9 Å². The van der Waals surface area contributed by atoms with Crippen molar-refractivity contribution in [3.05, 3.63) is 83.3 Å². The van der Waals surface area contributed by atoms with Gasteiger partial charge in [0.1, 0.15) is 23.7 Å². The van der Waals surface area contributed by atoms with E-state index in [1.807, 2.05) is 36.4 Å². The van der Waals surface area contributed by atoms with Crippen LogP contribution in [0.15, 0.2) is 66.9 Å². The summed E-state index contributed by atoms with van der Waals surface area (Å²) in [5.41, 5.74) is 2.27. The third-order valence-electron chi connectivity index (χ3n) is 4.58. The molecule has 0 aliphatic carbocycles. The second kappa shape index (κ2) is 8.47. The van der Waals surface area contributed by atoms with Crippen molar-refractivity contribution in [1.82, 2.24) is 4.98 Å². The first kappa shape index (κ1) is 19.8. The maximum atomic E-state index is 14.3. The molecule has 3 aromatic carbocycles. The normalized spacial score (nSPS) is 10.8. The van der Waals surface area contributed by atoms with Gasteiger partial charge in [-0.3, -0.25) is 4.98 Å². The van der Waals surface area contributed by atoms with E-state index in [4.69, 9.17) is 21.1 Å². The Labute approximate surface area is 177 Å². The number of aromatic hydroxyl groups is 1. The van der Waals surface area contributed by atoms with Crippen LogP contribution in [0.2, 0.25) is 5.02 Å². The maximum absolute atomic E-state index is 14.3. The number of nitrogens with zero attached hydrogens (tertiary/aromatic N) is 1. The van der Waals surface area contributed by atoms with Crippen LogP contribution in [0, 0.1) is 5.82 Å². The monoisotopic (exact) mass is 424 g/mol. The molecular formula is C23H18ClFN2O3. The van der Waals surface area contributed by atoms with Crippen LogP contribution in [-0.2, 0) is 6.61 Å². The Kier molecular flexibility index (Phi) is 5.59. The summed E-state index contributed by atoms with van der Waals surface area (Å²) in [6.07, 6.45) is 1.59. The molecule has 5 nitrogen and oxygen atoms in total. The number of hydrogen-bond acceptors (Lipinski definition) is 5. The minimum atomic E-state index is -0.586. The van der Waals surface area contributed by atoms with Crippen molar-refractivity contribution in [3.8, 4) is 17.2 Å². The van der Waals surface area contributed by atoms with Gasteiger partial charge in [0.25, 0.3) is 0 Å². The van der Waals surface area contributed by atoms with Gasteiger partial charge in [0.15, 0.2) is 11.5 Å². The number of benzene rings is 3. The van der Waals surface area contributed by atoms with Gasteiger partial charge in [-0.2, -0.15) is 0 Å². The number of anilines is 2. The van der Waals surface area contributed by atoms with Gasteiger partial charge in [0.2, 0.25) is 0 Å². The molecule has 0 spiro atoms. The number of halogens is 2. The van der Waals surface area contributed by atoms with E-state index < -0.39 is 5.82 Å². The Hall–Kier alpha value is -3.51. The summed E-state index contributed by atoms with van der Waals surface area (Å²) in [6, 6.07) is 17.4. The van der Waals surface area contributed by atoms with E-state index in [1.54, 1.807) is 25.4 Å². The highest BCUT2D eigenvalue weighted by molar-refractivity contribution is 6.32. The minimum absolute atomic E-state index is 0.0560. The standard InChI is InChI=1S/C23H18ClFN2O3/c1-29-23-21(30-13-14-5-3-2-4-6-14)8-7-15-18(9-10-26-22(15)23)27-19-12-20(28)16(24)11-17(19)25/h2-12,28H,13H2,1H3,(H,26,27). The van der Waals surface area contributed by atoms with Gasteiger partial charge in [0.05, 0.1) is 17.8 Å². The maximum Gasteiger partial charge on any atom is 0.187 e. The van der Waals surface area contributed by atoms with Crippen molar-refractivity contribution in [1.29, 1.82) is 0 Å². The molecule has 0 fully saturated rings. The largest absolute Gasteiger partial charge is 0.506 e. The molecule has 0 radical (unpaired) electrons. The average Bonchev–Trinajstić information content (AvgIpc) is 2.76. The van der Waals surface area contributed by atoms with Gasteiger partial charge in [-0.05, 0) is 29.8 Å². The fourth-order valence-corrected chi connectivity index (χ4v) is 3.26. The zero-order chi connectivity index (χ0) is 21.1. The molecular weight excluding hydrogens is 407 g/mol. The quantitative estimate of drug-likeness (QED) is 0.393. The highest BCUT2D eigenvalue weighted by Crippen LogP contribution is 2.39. The molecule has 30 heavy (non-hydrogen) atoms. The first-order chi connectivity index (χ1) is 14.6. The van der Waals surface area contributed by atoms with E-state index in [9.17, 15) is 9.50 Å². The Balaban J connectivity index is 1.69. The predicted molar refractivity (Wildman–Crippen MR) is 115 cm³/mol. The highest BCUT2D eigenvalue weighted by atomic mass is 35.5. The van der Waals surface area contributed by atoms with Crippen molar-refractivity contribution in [2.75, 3.05) is 12.4 Å². The average molecular weight is 425 g/mol. The molecule has 4 rings (SSSR count). The van der Waals surface area contributed by atoms with Crippen molar-refractivity contribution in [2.45, 2.75) is 6.61 Å². The van der Waals surface area contributed by atoms with Crippen LogP contribution in [0.5, 0.6) is 17.2 Å². The van der Waals surface area contributed by atoms with Crippen molar-refractivity contribution in [2.24, 2.45) is 0 Å². The number of pyridine rings is 1. The van der Waals surface area contributed by atoms with E-state index in [-0.39, 0.29) is 16.5 Å². The van der Waals surface area contributed by atoms with E-state index in [0.717, 1.165) is 11.6 Å². The van der Waals surface area contributed by atoms with Crippen molar-refractivity contribution in [3.63, 3.8) is 0 Å². The molecule has 1 heterocycles. The Morgan fingerprint density at radius 3 is 2.63 bits per heavy atom.